The summed E-state index contributed by atoms with van der Waals surface area (Å²) in [6.07, 6.45) is 5.17. The van der Waals surface area contributed by atoms with Crippen molar-refractivity contribution in [2.24, 2.45) is 0 Å². The minimum absolute atomic E-state index is 0.00692. The van der Waals surface area contributed by atoms with Crippen LogP contribution in [-0.2, 0) is 15.0 Å². The second-order valence-corrected chi connectivity index (χ2v) is 6.99. The Kier molecular flexibility index (Phi) is 5.71. The van der Waals surface area contributed by atoms with Crippen LogP contribution in [0.3, 0.4) is 0 Å². The highest BCUT2D eigenvalue weighted by Crippen LogP contribution is 2.42. The highest BCUT2D eigenvalue weighted by atomic mass is 16.2. The first-order valence-corrected chi connectivity index (χ1v) is 9.41. The first-order chi connectivity index (χ1) is 12.6. The Bertz CT molecular complexity index is 765. The number of hydrogen-bond donors (Lipinski definition) is 2. The molecule has 26 heavy (non-hydrogen) atoms. The number of anilines is 2. The average molecular weight is 350 g/mol. The molecule has 1 fully saturated rings. The molecule has 0 aromatic heterocycles. The Balaban J connectivity index is 1.77. The zero-order valence-corrected chi connectivity index (χ0v) is 15.3. The van der Waals surface area contributed by atoms with Crippen LogP contribution in [0.5, 0.6) is 0 Å². The van der Waals surface area contributed by atoms with Crippen molar-refractivity contribution in [2.45, 2.75) is 50.9 Å². The van der Waals surface area contributed by atoms with Crippen LogP contribution < -0.4 is 10.6 Å². The quantitative estimate of drug-likeness (QED) is 0.780. The fraction of sp³-hybridized carbons (Fsp3) is 0.364. The van der Waals surface area contributed by atoms with Gasteiger partial charge in [0.15, 0.2) is 0 Å². The summed E-state index contributed by atoms with van der Waals surface area (Å²) in [5.74, 6) is 0.0331. The lowest BCUT2D eigenvalue weighted by atomic mass is 9.78. The highest BCUT2D eigenvalue weighted by molar-refractivity contribution is 6.00. The van der Waals surface area contributed by atoms with E-state index in [0.29, 0.717) is 17.8 Å². The van der Waals surface area contributed by atoms with Gasteiger partial charge in [-0.2, -0.15) is 0 Å². The van der Waals surface area contributed by atoms with Gasteiger partial charge in [0.05, 0.1) is 5.41 Å². The fourth-order valence-electron chi connectivity index (χ4n) is 3.76. The predicted molar refractivity (Wildman–Crippen MR) is 105 cm³/mol. The Labute approximate surface area is 155 Å². The molecule has 0 heterocycles. The summed E-state index contributed by atoms with van der Waals surface area (Å²) in [5, 5.41) is 5.96. The fourth-order valence-corrected chi connectivity index (χ4v) is 3.76. The van der Waals surface area contributed by atoms with Gasteiger partial charge < -0.3 is 10.6 Å². The van der Waals surface area contributed by atoms with Crippen LogP contribution in [0.4, 0.5) is 11.4 Å². The van der Waals surface area contributed by atoms with Gasteiger partial charge in [-0.25, -0.2) is 0 Å². The molecule has 0 atom stereocenters. The van der Waals surface area contributed by atoms with E-state index in [1.807, 2.05) is 61.5 Å². The van der Waals surface area contributed by atoms with Crippen LogP contribution in [0.1, 0.15) is 51.0 Å². The molecule has 1 aliphatic rings. The van der Waals surface area contributed by atoms with Crippen LogP contribution >= 0.6 is 0 Å². The maximum Gasteiger partial charge on any atom is 0.235 e. The zero-order chi connectivity index (χ0) is 18.4. The molecular formula is C22H26N2O2. The lowest BCUT2D eigenvalue weighted by Gasteiger charge is -2.28. The highest BCUT2D eigenvalue weighted by Gasteiger charge is 2.42. The Morgan fingerprint density at radius 1 is 0.923 bits per heavy atom. The van der Waals surface area contributed by atoms with E-state index in [1.165, 1.54) is 0 Å². The lowest BCUT2D eigenvalue weighted by molar-refractivity contribution is -0.121. The molecule has 0 bridgehead atoms. The third-order valence-corrected chi connectivity index (χ3v) is 5.10. The lowest BCUT2D eigenvalue weighted by Crippen LogP contribution is -2.37. The van der Waals surface area contributed by atoms with Gasteiger partial charge in [-0.15, -0.1) is 0 Å². The van der Waals surface area contributed by atoms with Crippen molar-refractivity contribution in [3.05, 3.63) is 60.2 Å². The smallest absolute Gasteiger partial charge is 0.235 e. The molecular weight excluding hydrogens is 324 g/mol. The minimum Gasteiger partial charge on any atom is -0.326 e. The molecule has 2 N–H and O–H groups in total. The maximum atomic E-state index is 13.2. The van der Waals surface area contributed by atoms with Crippen LogP contribution in [-0.4, -0.2) is 11.8 Å². The van der Waals surface area contributed by atoms with Gasteiger partial charge >= 0.3 is 0 Å². The third-order valence-electron chi connectivity index (χ3n) is 5.10. The van der Waals surface area contributed by atoms with Gasteiger partial charge in [0.1, 0.15) is 0 Å². The molecule has 2 amide bonds. The third kappa shape index (κ3) is 3.96. The van der Waals surface area contributed by atoms with E-state index in [-0.39, 0.29) is 11.8 Å². The van der Waals surface area contributed by atoms with Crippen LogP contribution in [0, 0.1) is 0 Å². The number of amides is 2. The molecule has 4 heteroatoms. The topological polar surface area (TPSA) is 58.2 Å². The maximum absolute atomic E-state index is 13.2. The Hall–Kier alpha value is -2.62. The van der Waals surface area contributed by atoms with Gasteiger partial charge in [0.25, 0.3) is 0 Å². The van der Waals surface area contributed by atoms with Crippen molar-refractivity contribution in [2.75, 3.05) is 10.6 Å². The van der Waals surface area contributed by atoms with E-state index >= 15 is 0 Å². The van der Waals surface area contributed by atoms with E-state index in [9.17, 15) is 9.59 Å². The van der Waals surface area contributed by atoms with E-state index < -0.39 is 5.41 Å². The van der Waals surface area contributed by atoms with Gasteiger partial charge in [0, 0.05) is 17.8 Å². The molecule has 2 aromatic rings. The van der Waals surface area contributed by atoms with Crippen molar-refractivity contribution in [3.8, 4) is 0 Å². The summed E-state index contributed by atoms with van der Waals surface area (Å²) >= 11 is 0. The summed E-state index contributed by atoms with van der Waals surface area (Å²) < 4.78 is 0. The standard InChI is InChI=1S/C22H26N2O2/c1-2-9-20(25)23-18-12-8-13-19(16-18)24-21(26)22(14-6-7-15-22)17-10-4-3-5-11-17/h3-5,8,10-13,16H,2,6-7,9,14-15H2,1H3,(H,23,25)(H,24,26). The number of rotatable bonds is 6. The molecule has 0 radical (unpaired) electrons. The second kappa shape index (κ2) is 8.17. The van der Waals surface area contributed by atoms with Crippen LogP contribution in [0.2, 0.25) is 0 Å². The first kappa shape index (κ1) is 18.2. The van der Waals surface area contributed by atoms with Crippen molar-refractivity contribution >= 4 is 23.2 Å². The summed E-state index contributed by atoms with van der Waals surface area (Å²) in [4.78, 5) is 25.0. The summed E-state index contributed by atoms with van der Waals surface area (Å²) in [6, 6.07) is 17.4. The minimum atomic E-state index is -0.456. The molecule has 0 unspecified atom stereocenters. The van der Waals surface area contributed by atoms with Gasteiger partial charge in [-0.05, 0) is 43.0 Å². The number of carbonyl (C=O) groups is 2. The molecule has 3 rings (SSSR count). The van der Waals surface area contributed by atoms with Crippen molar-refractivity contribution in [1.29, 1.82) is 0 Å². The van der Waals surface area contributed by atoms with Gasteiger partial charge in [-0.3, -0.25) is 9.59 Å². The molecule has 0 aliphatic heterocycles. The first-order valence-electron chi connectivity index (χ1n) is 9.41. The van der Waals surface area contributed by atoms with Crippen LogP contribution in [0.15, 0.2) is 54.6 Å². The molecule has 0 saturated heterocycles. The Morgan fingerprint density at radius 3 is 2.23 bits per heavy atom. The van der Waals surface area contributed by atoms with Gasteiger partial charge in [-0.1, -0.05) is 56.2 Å². The molecule has 136 valence electrons. The molecule has 4 nitrogen and oxygen atoms in total. The second-order valence-electron chi connectivity index (χ2n) is 6.99. The average Bonchev–Trinajstić information content (AvgIpc) is 3.14. The van der Waals surface area contributed by atoms with Crippen molar-refractivity contribution < 1.29 is 9.59 Å². The van der Waals surface area contributed by atoms with E-state index in [0.717, 1.165) is 37.7 Å². The van der Waals surface area contributed by atoms with Crippen LogP contribution in [0.25, 0.3) is 0 Å². The summed E-state index contributed by atoms with van der Waals surface area (Å²) in [6.45, 7) is 1.97. The number of hydrogen-bond acceptors (Lipinski definition) is 2. The normalized spacial score (nSPS) is 15.4. The van der Waals surface area contributed by atoms with Crippen molar-refractivity contribution in [3.63, 3.8) is 0 Å². The van der Waals surface area contributed by atoms with Gasteiger partial charge in [0.2, 0.25) is 11.8 Å². The molecule has 1 saturated carbocycles. The largest absolute Gasteiger partial charge is 0.326 e. The predicted octanol–water partition coefficient (Wildman–Crippen LogP) is 4.88. The molecule has 1 aliphatic carbocycles. The number of carbonyl (C=O) groups excluding carboxylic acids is 2. The van der Waals surface area contributed by atoms with E-state index in [1.54, 1.807) is 0 Å². The summed E-state index contributed by atoms with van der Waals surface area (Å²) in [5.41, 5.74) is 2.05. The van der Waals surface area contributed by atoms with E-state index in [2.05, 4.69) is 10.6 Å². The zero-order valence-electron chi connectivity index (χ0n) is 15.3. The summed E-state index contributed by atoms with van der Waals surface area (Å²) in [7, 11) is 0. The van der Waals surface area contributed by atoms with E-state index in [4.69, 9.17) is 0 Å². The Morgan fingerprint density at radius 2 is 1.58 bits per heavy atom. The molecule has 2 aromatic carbocycles. The SMILES string of the molecule is CCCC(=O)Nc1cccc(NC(=O)C2(c3ccccc3)CCCC2)c1. The monoisotopic (exact) mass is 350 g/mol. The number of nitrogens with one attached hydrogen (secondary N) is 2. The number of benzene rings is 2. The molecule has 0 spiro atoms. The van der Waals surface area contributed by atoms with Crippen molar-refractivity contribution in [1.82, 2.24) is 0 Å².